The van der Waals surface area contributed by atoms with Gasteiger partial charge in [-0.25, -0.2) is 9.98 Å². The molecule has 1 aromatic heterocycles. The summed E-state index contributed by atoms with van der Waals surface area (Å²) in [6, 6.07) is 0. The largest absolute Gasteiger partial charge is 0.465 e. The third-order valence-corrected chi connectivity index (χ3v) is 9.31. The highest BCUT2D eigenvalue weighted by atomic mass is 16.5. The summed E-state index contributed by atoms with van der Waals surface area (Å²) in [4.78, 5) is 50.2. The number of carbonyl (C=O) groups is 2. The summed E-state index contributed by atoms with van der Waals surface area (Å²) in [5.74, 6) is -1.30. The lowest BCUT2D eigenvalue weighted by atomic mass is 9.71. The Morgan fingerprint density at radius 3 is 1.39 bits per heavy atom. The minimum absolute atomic E-state index is 0.00878. The number of esters is 2. The number of ether oxygens (including phenoxy) is 2. The van der Waals surface area contributed by atoms with E-state index in [1.807, 2.05) is 13.8 Å². The van der Waals surface area contributed by atoms with Crippen LogP contribution >= 0.6 is 0 Å². The Hall–Kier alpha value is -2.99. The Bertz CT molecular complexity index is 1310. The molecule has 1 aromatic rings. The van der Waals surface area contributed by atoms with Gasteiger partial charge in [-0.1, -0.05) is 20.8 Å². The summed E-state index contributed by atoms with van der Waals surface area (Å²) in [5, 5.41) is 10.9. The third-order valence-electron chi connectivity index (χ3n) is 9.31. The highest BCUT2D eigenvalue weighted by Gasteiger charge is 2.44. The van der Waals surface area contributed by atoms with E-state index in [0.717, 1.165) is 32.1 Å². The van der Waals surface area contributed by atoms with E-state index in [0.29, 0.717) is 5.95 Å². The molecule has 288 valence electrons. The molecule has 0 amide bonds. The van der Waals surface area contributed by atoms with Gasteiger partial charge in [0.25, 0.3) is 11.9 Å². The van der Waals surface area contributed by atoms with Gasteiger partial charge in [0, 0.05) is 40.1 Å². The number of aliphatic imine (C=N–C) groups is 2. The average Bonchev–Trinajstić information content (AvgIpc) is 2.88. The van der Waals surface area contributed by atoms with Crippen molar-refractivity contribution in [2.75, 3.05) is 18.5 Å². The van der Waals surface area contributed by atoms with E-state index >= 15 is 0 Å². The second-order valence-corrected chi connectivity index (χ2v) is 19.2. The maximum absolute atomic E-state index is 13.4. The lowest BCUT2D eigenvalue weighted by Gasteiger charge is -2.47. The molecule has 12 nitrogen and oxygen atoms in total. The van der Waals surface area contributed by atoms with Gasteiger partial charge in [0.1, 0.15) is 0 Å². The SMILES string of the molecule is CCOC(=O)C(C=Nc1nc(N=CC(C(=O)OCC)C2CC(C)(C)NC(C)(C)C2)nc(NC(C)(C)CC(C)(C)C)n1)C1CC(C)(C)NC(C)(C)C1. The van der Waals surface area contributed by atoms with Gasteiger partial charge in [0.05, 0.1) is 25.0 Å². The van der Waals surface area contributed by atoms with Crippen LogP contribution in [0.1, 0.15) is 136 Å². The van der Waals surface area contributed by atoms with Crippen LogP contribution in [0, 0.1) is 29.1 Å². The molecule has 51 heavy (non-hydrogen) atoms. The van der Waals surface area contributed by atoms with Crippen molar-refractivity contribution in [2.45, 2.75) is 164 Å². The van der Waals surface area contributed by atoms with E-state index in [2.05, 4.69) is 121 Å². The highest BCUT2D eigenvalue weighted by molar-refractivity contribution is 5.91. The first-order chi connectivity index (χ1) is 23.2. The van der Waals surface area contributed by atoms with E-state index in [1.54, 1.807) is 12.4 Å². The van der Waals surface area contributed by atoms with Gasteiger partial charge in [0.15, 0.2) is 0 Å². The summed E-state index contributed by atoms with van der Waals surface area (Å²) >= 11 is 0. The van der Waals surface area contributed by atoms with Gasteiger partial charge in [0.2, 0.25) is 5.95 Å². The number of carbonyl (C=O) groups excluding carboxylic acids is 2. The van der Waals surface area contributed by atoms with E-state index in [4.69, 9.17) is 19.5 Å². The van der Waals surface area contributed by atoms with Crippen molar-refractivity contribution in [1.82, 2.24) is 25.6 Å². The van der Waals surface area contributed by atoms with E-state index in [9.17, 15) is 9.59 Å². The molecule has 2 saturated heterocycles. The maximum atomic E-state index is 13.4. The minimum atomic E-state index is -0.595. The summed E-state index contributed by atoms with van der Waals surface area (Å²) in [6.45, 7) is 32.2. The van der Waals surface area contributed by atoms with Crippen molar-refractivity contribution in [3.63, 3.8) is 0 Å². The molecule has 3 N–H and O–H groups in total. The van der Waals surface area contributed by atoms with Crippen LogP contribution in [0.25, 0.3) is 0 Å². The Morgan fingerprint density at radius 2 is 1.08 bits per heavy atom. The molecule has 2 atom stereocenters. The predicted molar refractivity (Wildman–Crippen MR) is 206 cm³/mol. The van der Waals surface area contributed by atoms with Crippen LogP contribution in [-0.4, -0.2) is 80.2 Å². The topological polar surface area (TPSA) is 152 Å². The molecule has 0 aliphatic carbocycles. The number of rotatable bonds is 13. The quantitative estimate of drug-likeness (QED) is 0.140. The molecule has 2 aliphatic heterocycles. The molecule has 0 saturated carbocycles. The Balaban J connectivity index is 2.09. The van der Waals surface area contributed by atoms with Gasteiger partial charge >= 0.3 is 11.9 Å². The molecule has 0 radical (unpaired) electrons. The second kappa shape index (κ2) is 15.9. The molecular formula is C39H68N8O4. The molecule has 3 heterocycles. The number of anilines is 1. The van der Waals surface area contributed by atoms with Crippen molar-refractivity contribution in [2.24, 2.45) is 39.1 Å². The number of nitrogens with zero attached hydrogens (tertiary/aromatic N) is 5. The maximum Gasteiger partial charge on any atom is 0.314 e. The lowest BCUT2D eigenvalue weighted by molar-refractivity contribution is -0.148. The van der Waals surface area contributed by atoms with Crippen LogP contribution in [0.5, 0.6) is 0 Å². The minimum Gasteiger partial charge on any atom is -0.465 e. The zero-order chi connectivity index (χ0) is 38.6. The number of hydrogen-bond acceptors (Lipinski definition) is 12. The molecule has 2 fully saturated rings. The van der Waals surface area contributed by atoms with Gasteiger partial charge in [-0.3, -0.25) is 9.59 Å². The van der Waals surface area contributed by atoms with Crippen molar-refractivity contribution >= 4 is 42.2 Å². The zero-order valence-electron chi connectivity index (χ0n) is 34.3. The van der Waals surface area contributed by atoms with Crippen molar-refractivity contribution in [1.29, 1.82) is 0 Å². The number of nitrogens with one attached hydrogen (secondary N) is 3. The Morgan fingerprint density at radius 1 is 0.725 bits per heavy atom. The van der Waals surface area contributed by atoms with Crippen LogP contribution in [0.15, 0.2) is 9.98 Å². The fourth-order valence-corrected chi connectivity index (χ4v) is 9.03. The summed E-state index contributed by atoms with van der Waals surface area (Å²) in [7, 11) is 0. The Labute approximate surface area is 307 Å². The van der Waals surface area contributed by atoms with Gasteiger partial charge in [-0.05, 0) is 132 Å². The first kappa shape index (κ1) is 42.4. The fraction of sp³-hybridized carbons (Fsp3) is 0.821. The molecular weight excluding hydrogens is 644 g/mol. The van der Waals surface area contributed by atoms with Crippen molar-refractivity contribution < 1.29 is 19.1 Å². The normalized spacial score (nSPS) is 22.1. The van der Waals surface area contributed by atoms with Crippen LogP contribution in [-0.2, 0) is 19.1 Å². The summed E-state index contributed by atoms with van der Waals surface area (Å²) in [6.07, 6.45) is 7.18. The number of aromatic nitrogens is 3. The van der Waals surface area contributed by atoms with Gasteiger partial charge < -0.3 is 25.4 Å². The van der Waals surface area contributed by atoms with Crippen LogP contribution in [0.2, 0.25) is 0 Å². The first-order valence-electron chi connectivity index (χ1n) is 18.8. The fourth-order valence-electron chi connectivity index (χ4n) is 9.03. The van der Waals surface area contributed by atoms with Gasteiger partial charge in [-0.15, -0.1) is 0 Å². The molecule has 2 unspecified atom stereocenters. The molecule has 0 bridgehead atoms. The van der Waals surface area contributed by atoms with Crippen LogP contribution < -0.4 is 16.0 Å². The predicted octanol–water partition coefficient (Wildman–Crippen LogP) is 7.38. The van der Waals surface area contributed by atoms with E-state index < -0.39 is 11.8 Å². The zero-order valence-corrected chi connectivity index (χ0v) is 34.3. The molecule has 0 aromatic carbocycles. The smallest absolute Gasteiger partial charge is 0.314 e. The molecule has 3 rings (SSSR count). The van der Waals surface area contributed by atoms with Crippen molar-refractivity contribution in [3.05, 3.63) is 0 Å². The standard InChI is InChI=1S/C39H68N8O4/c1-16-50-29(48)27(25-18-35(6,7)46-36(8,9)19-25)22-40-31-42-32(44-33(43-31)45-39(14,15)24-34(3,4)5)41-23-28(30(49)51-17-2)26-20-37(10,11)47-38(12,13)21-26/h22-23,25-28,46-47H,16-21,24H2,1-15H3,(H,42,43,44,45). The second-order valence-electron chi connectivity index (χ2n) is 19.2. The lowest BCUT2D eigenvalue weighted by Crippen LogP contribution is -2.59. The van der Waals surface area contributed by atoms with Crippen LogP contribution in [0.3, 0.4) is 0 Å². The van der Waals surface area contributed by atoms with E-state index in [1.165, 1.54) is 0 Å². The van der Waals surface area contributed by atoms with Gasteiger partial charge in [-0.2, -0.15) is 15.0 Å². The Kier molecular flexibility index (Phi) is 13.3. The molecule has 2 aliphatic rings. The van der Waals surface area contributed by atoms with Crippen molar-refractivity contribution in [3.8, 4) is 0 Å². The van der Waals surface area contributed by atoms with E-state index in [-0.39, 0.29) is 82.0 Å². The average molecular weight is 713 g/mol. The first-order valence-corrected chi connectivity index (χ1v) is 18.8. The third kappa shape index (κ3) is 13.5. The molecule has 12 heteroatoms. The van der Waals surface area contributed by atoms with Crippen LogP contribution in [0.4, 0.5) is 17.8 Å². The number of piperidine rings is 2. The summed E-state index contributed by atoms with van der Waals surface area (Å²) < 4.78 is 11.1. The highest BCUT2D eigenvalue weighted by Crippen LogP contribution is 2.39. The monoisotopic (exact) mass is 713 g/mol. The summed E-state index contributed by atoms with van der Waals surface area (Å²) in [5.41, 5.74) is -1.04. The number of hydrogen-bond donors (Lipinski definition) is 3. The molecule has 0 spiro atoms.